The Morgan fingerprint density at radius 1 is 1.06 bits per heavy atom. The van der Waals surface area contributed by atoms with Crippen LogP contribution in [0.25, 0.3) is 16.3 Å². The van der Waals surface area contributed by atoms with Crippen molar-refractivity contribution in [1.82, 2.24) is 0 Å². The third kappa shape index (κ3) is 3.92. The van der Waals surface area contributed by atoms with Gasteiger partial charge >= 0.3 is 5.97 Å². The van der Waals surface area contributed by atoms with Gasteiger partial charge in [0.05, 0.1) is 28.1 Å². The Bertz CT molecular complexity index is 1590. The molecular weight excluding hydrogens is 512 g/mol. The molecule has 3 N–H and O–H groups in total. The number of anilines is 1. The van der Waals surface area contributed by atoms with Gasteiger partial charge in [-0.15, -0.1) is 0 Å². The number of aliphatic carboxylic acids is 1. The third-order valence-corrected chi connectivity index (χ3v) is 9.26. The lowest BCUT2D eigenvalue weighted by molar-refractivity contribution is -0.670. The molecule has 0 spiro atoms. The van der Waals surface area contributed by atoms with Crippen molar-refractivity contribution in [3.05, 3.63) is 46.4 Å². The second-order valence-electron chi connectivity index (χ2n) is 7.47. The number of carbonyl (C=O) groups is 1. The molecule has 0 saturated heterocycles. The molecule has 10 nitrogen and oxygen atoms in total. The van der Waals surface area contributed by atoms with Crippen LogP contribution in [0.1, 0.15) is 11.4 Å². The van der Waals surface area contributed by atoms with Crippen LogP contribution >= 0.6 is 23.1 Å². The predicted molar refractivity (Wildman–Crippen MR) is 120 cm³/mol. The smallest absolute Gasteiger partial charge is 0.305 e. The molecule has 0 bridgehead atoms. The van der Waals surface area contributed by atoms with Crippen molar-refractivity contribution in [1.29, 1.82) is 0 Å². The molecule has 0 saturated carbocycles. The van der Waals surface area contributed by atoms with E-state index in [1.807, 2.05) is 6.08 Å². The standard InChI is InChI=1S/C19H14N2O8S4/c22-19(23)5-10-9-20-13-6-11(32(24,25)26)1-3-15(13)30-17(20)8-18-21(10)14-7-12(33(27,28)29)2-4-16(14)31-18/h1-4,6-8,10H,5,9H2,(H2-,22,23,24,25,26,27,28,29)/p+1. The van der Waals surface area contributed by atoms with Crippen LogP contribution in [0, 0.1) is 0 Å². The minimum atomic E-state index is -4.46. The molecule has 33 heavy (non-hydrogen) atoms. The first-order valence-electron chi connectivity index (χ1n) is 9.38. The zero-order chi connectivity index (χ0) is 23.7. The van der Waals surface area contributed by atoms with E-state index in [9.17, 15) is 35.8 Å². The number of benzene rings is 2. The lowest BCUT2D eigenvalue weighted by atomic mass is 10.1. The number of rotatable bonds is 4. The summed E-state index contributed by atoms with van der Waals surface area (Å²) in [6.07, 6.45) is 1.55. The summed E-state index contributed by atoms with van der Waals surface area (Å²) in [5.74, 6) is -1.06. The van der Waals surface area contributed by atoms with E-state index in [0.717, 1.165) is 9.71 Å². The van der Waals surface area contributed by atoms with Crippen LogP contribution in [0.2, 0.25) is 0 Å². The highest BCUT2D eigenvalue weighted by Gasteiger charge is 2.40. The van der Waals surface area contributed by atoms with Crippen molar-refractivity contribution in [2.24, 2.45) is 0 Å². The number of nitrogens with zero attached hydrogens (tertiary/aromatic N) is 2. The van der Waals surface area contributed by atoms with E-state index in [0.29, 0.717) is 21.1 Å². The minimum absolute atomic E-state index is 0.159. The van der Waals surface area contributed by atoms with Gasteiger partial charge in [-0.1, -0.05) is 23.1 Å². The molecule has 0 radical (unpaired) electrons. The van der Waals surface area contributed by atoms with Crippen molar-refractivity contribution in [3.63, 3.8) is 0 Å². The van der Waals surface area contributed by atoms with Crippen LogP contribution < -0.4 is 9.47 Å². The van der Waals surface area contributed by atoms with Crippen LogP contribution in [0.5, 0.6) is 0 Å². The maximum Gasteiger partial charge on any atom is 0.305 e. The van der Waals surface area contributed by atoms with Crippen molar-refractivity contribution < 1.29 is 40.4 Å². The molecule has 2 aromatic carbocycles. The molecule has 2 aliphatic heterocycles. The summed E-state index contributed by atoms with van der Waals surface area (Å²) in [6, 6.07) is 7.75. The summed E-state index contributed by atoms with van der Waals surface area (Å²) >= 11 is 2.71. The second kappa shape index (κ2) is 7.51. The van der Waals surface area contributed by atoms with Gasteiger partial charge in [-0.05, 0) is 30.3 Å². The van der Waals surface area contributed by atoms with Gasteiger partial charge in [-0.25, -0.2) is 0 Å². The van der Waals surface area contributed by atoms with Crippen LogP contribution in [0.15, 0.2) is 56.1 Å². The van der Waals surface area contributed by atoms with Gasteiger partial charge in [0, 0.05) is 11.0 Å². The topological polar surface area (TPSA) is 153 Å². The average Bonchev–Trinajstić information content (AvgIpc) is 3.18. The van der Waals surface area contributed by atoms with Gasteiger partial charge in [0.25, 0.3) is 25.2 Å². The van der Waals surface area contributed by atoms with Crippen molar-refractivity contribution in [3.8, 4) is 0 Å². The van der Waals surface area contributed by atoms with E-state index < -0.39 is 32.2 Å². The fraction of sp³-hybridized carbons (Fsp3) is 0.158. The lowest BCUT2D eigenvalue weighted by Crippen LogP contribution is -2.46. The molecule has 1 atom stereocenters. The van der Waals surface area contributed by atoms with E-state index in [1.165, 1.54) is 47.4 Å². The first-order chi connectivity index (χ1) is 15.4. The normalized spacial score (nSPS) is 17.8. The van der Waals surface area contributed by atoms with Crippen LogP contribution in [0.3, 0.4) is 0 Å². The summed E-state index contributed by atoms with van der Waals surface area (Å²) in [5.41, 5.74) is 0.988. The van der Waals surface area contributed by atoms with Crippen molar-refractivity contribution >= 4 is 71.3 Å². The average molecular weight is 528 g/mol. The lowest BCUT2D eigenvalue weighted by Gasteiger charge is -2.26. The Balaban J connectivity index is 1.70. The summed E-state index contributed by atoms with van der Waals surface area (Å²) in [5, 5.41) is 11.0. The van der Waals surface area contributed by atoms with E-state index in [4.69, 9.17) is 0 Å². The number of thiazole rings is 1. The second-order valence-corrected chi connectivity index (χ2v) is 12.4. The van der Waals surface area contributed by atoms with Crippen LogP contribution in [-0.2, 0) is 31.6 Å². The highest BCUT2D eigenvalue weighted by Crippen LogP contribution is 2.50. The largest absolute Gasteiger partial charge is 0.481 e. The van der Waals surface area contributed by atoms with Crippen molar-refractivity contribution in [2.45, 2.75) is 33.7 Å². The first kappa shape index (κ1) is 22.3. The predicted octanol–water partition coefficient (Wildman–Crippen LogP) is 2.45. The number of aromatic nitrogens is 1. The zero-order valence-corrected chi connectivity index (χ0v) is 19.7. The SMILES string of the molecule is O=C(O)CC1C[n+]2c(sc3ccc(S(=O)(=O)O)cc32)C=C2Sc3ccc(S(=O)(=O)O)cc3N21. The van der Waals surface area contributed by atoms with Gasteiger partial charge in [-0.2, -0.15) is 21.4 Å². The van der Waals surface area contributed by atoms with E-state index in [2.05, 4.69) is 0 Å². The Labute approximate surface area is 196 Å². The fourth-order valence-corrected chi connectivity index (χ4v) is 7.28. The number of thioether (sulfide) groups is 1. The molecule has 1 unspecified atom stereocenters. The van der Waals surface area contributed by atoms with Gasteiger partial charge in [0.2, 0.25) is 5.52 Å². The molecule has 0 fully saturated rings. The van der Waals surface area contributed by atoms with E-state index in [-0.39, 0.29) is 22.8 Å². The fourth-order valence-electron chi connectivity index (χ4n) is 3.98. The summed E-state index contributed by atoms with van der Waals surface area (Å²) in [7, 11) is -8.89. The van der Waals surface area contributed by atoms with Crippen LogP contribution in [0.4, 0.5) is 5.69 Å². The molecular formula is C19H15N2O8S4+. The molecule has 172 valence electrons. The molecule has 3 heterocycles. The molecule has 3 aromatic rings. The quantitative estimate of drug-likeness (QED) is 0.341. The van der Waals surface area contributed by atoms with E-state index in [1.54, 1.807) is 21.6 Å². The molecule has 0 amide bonds. The third-order valence-electron chi connectivity index (χ3n) is 5.36. The first-order valence-corrected chi connectivity index (χ1v) is 13.9. The highest BCUT2D eigenvalue weighted by atomic mass is 32.2. The molecule has 2 aliphatic rings. The molecule has 5 rings (SSSR count). The van der Waals surface area contributed by atoms with Gasteiger partial charge in [-0.3, -0.25) is 13.9 Å². The Kier molecular flexibility index (Phi) is 5.08. The highest BCUT2D eigenvalue weighted by molar-refractivity contribution is 8.04. The van der Waals surface area contributed by atoms with E-state index >= 15 is 0 Å². The minimum Gasteiger partial charge on any atom is -0.481 e. The summed E-state index contributed by atoms with van der Waals surface area (Å²) < 4.78 is 68.1. The Morgan fingerprint density at radius 2 is 1.73 bits per heavy atom. The van der Waals surface area contributed by atoms with Gasteiger partial charge in [0.15, 0.2) is 6.54 Å². The summed E-state index contributed by atoms with van der Waals surface area (Å²) in [6.45, 7) is 0.159. The van der Waals surface area contributed by atoms with Crippen molar-refractivity contribution in [2.75, 3.05) is 4.90 Å². The van der Waals surface area contributed by atoms with Gasteiger partial charge < -0.3 is 10.0 Å². The van der Waals surface area contributed by atoms with Gasteiger partial charge in [0.1, 0.15) is 15.6 Å². The molecule has 1 aromatic heterocycles. The zero-order valence-electron chi connectivity index (χ0n) is 16.4. The van der Waals surface area contributed by atoms with Crippen LogP contribution in [-0.4, -0.2) is 43.1 Å². The molecule has 0 aliphatic carbocycles. The molecule has 14 heteroatoms. The summed E-state index contributed by atoms with van der Waals surface area (Å²) in [4.78, 5) is 13.6. The maximum absolute atomic E-state index is 11.7. The number of carboxylic acids is 1. The monoisotopic (exact) mass is 527 g/mol. The number of hydrogen-bond acceptors (Lipinski definition) is 8. The Morgan fingerprint density at radius 3 is 2.39 bits per heavy atom. The number of hydrogen-bond donors (Lipinski definition) is 3. The number of carboxylic acid groups (broad SMARTS) is 1. The Hall–Kier alpha value is -2.49. The number of fused-ring (bicyclic) bond motifs is 6. The maximum atomic E-state index is 11.7.